The highest BCUT2D eigenvalue weighted by Crippen LogP contribution is 2.08. The van der Waals surface area contributed by atoms with Gasteiger partial charge in [0.2, 0.25) is 0 Å². The lowest BCUT2D eigenvalue weighted by Crippen LogP contribution is -1.72. The lowest BCUT2D eigenvalue weighted by atomic mass is 11.0. The van der Waals surface area contributed by atoms with E-state index in [0.717, 1.165) is 10.9 Å². The Morgan fingerprint density at radius 1 is 2.00 bits per heavy atom. The summed E-state index contributed by atoms with van der Waals surface area (Å²) in [7, 11) is 0. The fraction of sp³-hybridized carbons (Fsp3) is 0.400. The lowest BCUT2D eigenvalue weighted by Gasteiger charge is -1.85. The molecule has 0 radical (unpaired) electrons. The predicted octanol–water partition coefficient (Wildman–Crippen LogP) is 1.77. The van der Waals surface area contributed by atoms with Crippen molar-refractivity contribution in [3.8, 4) is 0 Å². The zero-order valence-corrected chi connectivity index (χ0v) is 5.53. The van der Waals surface area contributed by atoms with Crippen LogP contribution in [0, 0.1) is 0 Å². The van der Waals surface area contributed by atoms with E-state index in [1.165, 1.54) is 0 Å². The Balaban J connectivity index is 0.000000640. The van der Waals surface area contributed by atoms with E-state index in [1.807, 2.05) is 6.20 Å². The maximum Gasteiger partial charge on any atom is 0.165 e. The number of nitrogens with one attached hydrogen (secondary N) is 1. The van der Waals surface area contributed by atoms with Crippen LogP contribution in [-0.2, 0) is 0 Å². The molecule has 0 spiro atoms. The standard InChI is InChI=1S/C5H8N2S.H2/c1-2-8-5-6-3-4-7-5;/h3-4H,2H2,1H3,(H,6,7);1H. The average Bonchev–Trinajstić information content (AvgIpc) is 2.19. The van der Waals surface area contributed by atoms with Gasteiger partial charge >= 0.3 is 0 Å². The summed E-state index contributed by atoms with van der Waals surface area (Å²) in [6.07, 6.45) is 3.59. The van der Waals surface area contributed by atoms with Gasteiger partial charge in [-0.05, 0) is 5.75 Å². The number of imidazole rings is 1. The number of aromatic nitrogens is 2. The fourth-order valence-electron chi connectivity index (χ4n) is 0.466. The molecule has 0 atom stereocenters. The predicted molar refractivity (Wildman–Crippen MR) is 37.1 cm³/mol. The minimum Gasteiger partial charge on any atom is -0.340 e. The van der Waals surface area contributed by atoms with Crippen LogP contribution >= 0.6 is 11.8 Å². The highest BCUT2D eigenvalue weighted by molar-refractivity contribution is 7.99. The average molecular weight is 130 g/mol. The van der Waals surface area contributed by atoms with E-state index in [1.54, 1.807) is 18.0 Å². The summed E-state index contributed by atoms with van der Waals surface area (Å²) in [6, 6.07) is 0. The minimum absolute atomic E-state index is 0. The van der Waals surface area contributed by atoms with Gasteiger partial charge in [-0.3, -0.25) is 0 Å². The van der Waals surface area contributed by atoms with Crippen LogP contribution in [0.5, 0.6) is 0 Å². The van der Waals surface area contributed by atoms with E-state index in [2.05, 4.69) is 16.9 Å². The molecule has 3 heteroatoms. The van der Waals surface area contributed by atoms with Gasteiger partial charge in [0.1, 0.15) is 0 Å². The first-order valence-corrected chi connectivity index (χ1v) is 3.54. The van der Waals surface area contributed by atoms with E-state index in [-0.39, 0.29) is 1.43 Å². The zero-order chi connectivity index (χ0) is 5.82. The van der Waals surface area contributed by atoms with Crippen molar-refractivity contribution in [2.24, 2.45) is 0 Å². The monoisotopic (exact) mass is 130 g/mol. The molecule has 0 aliphatic heterocycles. The quantitative estimate of drug-likeness (QED) is 0.618. The summed E-state index contributed by atoms with van der Waals surface area (Å²) in [5, 5.41) is 1.01. The van der Waals surface area contributed by atoms with Gasteiger partial charge in [0.25, 0.3) is 0 Å². The Labute approximate surface area is 54.2 Å². The first-order valence-electron chi connectivity index (χ1n) is 2.55. The molecular formula is C5H10N2S. The third-order valence-corrected chi connectivity index (χ3v) is 1.54. The Hall–Kier alpha value is -0.440. The van der Waals surface area contributed by atoms with Gasteiger partial charge in [0, 0.05) is 13.8 Å². The molecule has 0 aromatic carbocycles. The van der Waals surface area contributed by atoms with E-state index in [4.69, 9.17) is 0 Å². The third-order valence-electron chi connectivity index (χ3n) is 0.754. The molecule has 1 rings (SSSR count). The number of thioether (sulfide) groups is 1. The lowest BCUT2D eigenvalue weighted by molar-refractivity contribution is 1.06. The summed E-state index contributed by atoms with van der Waals surface area (Å²) in [5.74, 6) is 1.08. The molecular weight excluding hydrogens is 120 g/mol. The molecule has 0 aliphatic rings. The third kappa shape index (κ3) is 1.26. The second-order valence-corrected chi connectivity index (χ2v) is 2.58. The number of nitrogens with zero attached hydrogens (tertiary/aromatic N) is 1. The van der Waals surface area contributed by atoms with Crippen molar-refractivity contribution >= 4 is 11.8 Å². The van der Waals surface area contributed by atoms with Crippen LogP contribution in [0.1, 0.15) is 8.35 Å². The van der Waals surface area contributed by atoms with Crippen molar-refractivity contribution in [1.29, 1.82) is 0 Å². The molecule has 1 N–H and O–H groups in total. The van der Waals surface area contributed by atoms with Crippen LogP contribution in [0.15, 0.2) is 17.6 Å². The Bertz CT molecular complexity index is 141. The Morgan fingerprint density at radius 2 is 2.88 bits per heavy atom. The second kappa shape index (κ2) is 2.77. The first kappa shape index (κ1) is 5.69. The zero-order valence-electron chi connectivity index (χ0n) is 4.72. The largest absolute Gasteiger partial charge is 0.340 e. The summed E-state index contributed by atoms with van der Waals surface area (Å²) in [5.41, 5.74) is 0. The normalized spacial score (nSPS) is 9.62. The molecule has 2 nitrogen and oxygen atoms in total. The topological polar surface area (TPSA) is 28.7 Å². The van der Waals surface area contributed by atoms with Crippen molar-refractivity contribution in [3.63, 3.8) is 0 Å². The van der Waals surface area contributed by atoms with Crippen molar-refractivity contribution in [1.82, 2.24) is 9.97 Å². The molecule has 46 valence electrons. The Morgan fingerprint density at radius 3 is 3.38 bits per heavy atom. The van der Waals surface area contributed by atoms with E-state index in [0.29, 0.717) is 0 Å². The molecule has 0 saturated carbocycles. The van der Waals surface area contributed by atoms with Gasteiger partial charge in [-0.1, -0.05) is 18.7 Å². The smallest absolute Gasteiger partial charge is 0.165 e. The van der Waals surface area contributed by atoms with E-state index >= 15 is 0 Å². The summed E-state index contributed by atoms with van der Waals surface area (Å²) in [4.78, 5) is 7.00. The maximum absolute atomic E-state index is 4.01. The maximum atomic E-state index is 4.01. The highest BCUT2D eigenvalue weighted by Gasteiger charge is 1.88. The summed E-state index contributed by atoms with van der Waals surface area (Å²) < 4.78 is 0. The molecule has 1 heterocycles. The Kier molecular flexibility index (Phi) is 1.97. The highest BCUT2D eigenvalue weighted by atomic mass is 32.2. The molecule has 0 bridgehead atoms. The van der Waals surface area contributed by atoms with Crippen LogP contribution < -0.4 is 0 Å². The van der Waals surface area contributed by atoms with Gasteiger partial charge < -0.3 is 4.98 Å². The summed E-state index contributed by atoms with van der Waals surface area (Å²) >= 11 is 1.72. The minimum atomic E-state index is 0. The van der Waals surface area contributed by atoms with Crippen LogP contribution in [0.25, 0.3) is 0 Å². The molecule has 0 amide bonds. The molecule has 0 saturated heterocycles. The van der Waals surface area contributed by atoms with Crippen LogP contribution in [0.3, 0.4) is 0 Å². The van der Waals surface area contributed by atoms with Gasteiger partial charge in [-0.25, -0.2) is 4.98 Å². The molecule has 1 aromatic rings. The second-order valence-electron chi connectivity index (χ2n) is 1.33. The van der Waals surface area contributed by atoms with Gasteiger partial charge in [-0.15, -0.1) is 0 Å². The van der Waals surface area contributed by atoms with Gasteiger partial charge in [0.15, 0.2) is 5.16 Å². The van der Waals surface area contributed by atoms with E-state index < -0.39 is 0 Å². The summed E-state index contributed by atoms with van der Waals surface area (Å²) in [6.45, 7) is 2.10. The molecule has 1 aromatic heterocycles. The van der Waals surface area contributed by atoms with E-state index in [9.17, 15) is 0 Å². The molecule has 8 heavy (non-hydrogen) atoms. The van der Waals surface area contributed by atoms with Crippen LogP contribution in [0.2, 0.25) is 0 Å². The fourth-order valence-corrected chi connectivity index (χ4v) is 1.03. The van der Waals surface area contributed by atoms with Gasteiger partial charge in [0.05, 0.1) is 0 Å². The van der Waals surface area contributed by atoms with Crippen molar-refractivity contribution in [2.75, 3.05) is 5.75 Å². The molecule has 0 aliphatic carbocycles. The van der Waals surface area contributed by atoms with Crippen molar-refractivity contribution in [2.45, 2.75) is 12.1 Å². The number of aromatic amines is 1. The first-order chi connectivity index (χ1) is 3.93. The van der Waals surface area contributed by atoms with Crippen LogP contribution in [-0.4, -0.2) is 15.7 Å². The van der Waals surface area contributed by atoms with Crippen molar-refractivity contribution < 1.29 is 1.43 Å². The van der Waals surface area contributed by atoms with Crippen molar-refractivity contribution in [3.05, 3.63) is 12.4 Å². The van der Waals surface area contributed by atoms with Crippen LogP contribution in [0.4, 0.5) is 0 Å². The number of rotatable bonds is 2. The number of H-pyrrole nitrogens is 1. The number of hydrogen-bond donors (Lipinski definition) is 1. The molecule has 0 unspecified atom stereocenters. The SMILES string of the molecule is CCSc1ncc[nH]1.[HH]. The number of hydrogen-bond acceptors (Lipinski definition) is 2. The van der Waals surface area contributed by atoms with Gasteiger partial charge in [-0.2, -0.15) is 0 Å². The molecule has 0 fully saturated rings.